The fourth-order valence-electron chi connectivity index (χ4n) is 0.929. The van der Waals surface area contributed by atoms with Gasteiger partial charge in [-0.2, -0.15) is 0 Å². The lowest BCUT2D eigenvalue weighted by Gasteiger charge is -2.11. The van der Waals surface area contributed by atoms with Crippen molar-refractivity contribution in [3.05, 3.63) is 0 Å². The maximum Gasteiger partial charge on any atom is 0.326 e. The van der Waals surface area contributed by atoms with Crippen LogP contribution in [0.4, 0.5) is 0 Å². The van der Waals surface area contributed by atoms with Crippen molar-refractivity contribution in [3.8, 4) is 11.8 Å². The first-order valence-electron chi connectivity index (χ1n) is 4.54. The first-order chi connectivity index (χ1) is 7.51. The molecule has 88 valence electrons. The lowest BCUT2D eigenvalue weighted by molar-refractivity contribution is -0.143. The SMILES string of the molecule is CC#CC(=O)NC(CCC(=O)OC)C(=O)O. The van der Waals surface area contributed by atoms with E-state index >= 15 is 0 Å². The number of aliphatic carboxylic acids is 1. The van der Waals surface area contributed by atoms with Crippen LogP contribution in [0.2, 0.25) is 0 Å². The van der Waals surface area contributed by atoms with Gasteiger partial charge in [0, 0.05) is 6.42 Å². The van der Waals surface area contributed by atoms with Crippen LogP contribution < -0.4 is 5.32 Å². The van der Waals surface area contributed by atoms with E-state index < -0.39 is 23.9 Å². The number of ether oxygens (including phenoxy) is 1. The van der Waals surface area contributed by atoms with E-state index in [1.807, 2.05) is 0 Å². The number of hydrogen-bond donors (Lipinski definition) is 2. The number of carboxylic acid groups (broad SMARTS) is 1. The summed E-state index contributed by atoms with van der Waals surface area (Å²) in [7, 11) is 1.21. The molecule has 0 radical (unpaired) electrons. The fourth-order valence-corrected chi connectivity index (χ4v) is 0.929. The molecule has 0 heterocycles. The van der Waals surface area contributed by atoms with Gasteiger partial charge >= 0.3 is 11.9 Å². The van der Waals surface area contributed by atoms with Gasteiger partial charge in [-0.15, -0.1) is 0 Å². The van der Waals surface area contributed by atoms with Crippen molar-refractivity contribution < 1.29 is 24.2 Å². The number of carbonyl (C=O) groups is 3. The van der Waals surface area contributed by atoms with Gasteiger partial charge in [0.05, 0.1) is 7.11 Å². The molecule has 0 aliphatic rings. The second-order valence-corrected chi connectivity index (χ2v) is 2.85. The van der Waals surface area contributed by atoms with Crippen molar-refractivity contribution in [2.45, 2.75) is 25.8 Å². The highest BCUT2D eigenvalue weighted by Crippen LogP contribution is 1.99. The summed E-state index contributed by atoms with van der Waals surface area (Å²) in [5.74, 6) is 2.07. The summed E-state index contributed by atoms with van der Waals surface area (Å²) < 4.78 is 4.36. The summed E-state index contributed by atoms with van der Waals surface area (Å²) in [5.41, 5.74) is 0. The van der Waals surface area contributed by atoms with E-state index in [0.29, 0.717) is 0 Å². The van der Waals surface area contributed by atoms with Crippen molar-refractivity contribution >= 4 is 17.8 Å². The average Bonchev–Trinajstić information content (AvgIpc) is 2.23. The van der Waals surface area contributed by atoms with E-state index in [2.05, 4.69) is 21.9 Å². The number of nitrogens with one attached hydrogen (secondary N) is 1. The fraction of sp³-hybridized carbons (Fsp3) is 0.500. The number of esters is 1. The third-order valence-electron chi connectivity index (χ3n) is 1.71. The van der Waals surface area contributed by atoms with Crippen molar-refractivity contribution in [3.63, 3.8) is 0 Å². The van der Waals surface area contributed by atoms with Gasteiger partial charge in [-0.1, -0.05) is 5.92 Å². The molecule has 2 N–H and O–H groups in total. The molecule has 0 aliphatic heterocycles. The van der Waals surface area contributed by atoms with Crippen LogP contribution in [-0.4, -0.2) is 36.1 Å². The van der Waals surface area contributed by atoms with Crippen molar-refractivity contribution in [2.75, 3.05) is 7.11 Å². The zero-order valence-electron chi connectivity index (χ0n) is 9.07. The van der Waals surface area contributed by atoms with E-state index in [9.17, 15) is 14.4 Å². The Labute approximate surface area is 93.0 Å². The van der Waals surface area contributed by atoms with Crippen LogP contribution in [0.1, 0.15) is 19.8 Å². The van der Waals surface area contributed by atoms with E-state index in [1.165, 1.54) is 14.0 Å². The van der Waals surface area contributed by atoms with E-state index in [4.69, 9.17) is 5.11 Å². The van der Waals surface area contributed by atoms with E-state index in [-0.39, 0.29) is 12.8 Å². The normalized spacial score (nSPS) is 10.6. The summed E-state index contributed by atoms with van der Waals surface area (Å²) in [6.07, 6.45) is -0.105. The van der Waals surface area contributed by atoms with Crippen LogP contribution >= 0.6 is 0 Å². The van der Waals surface area contributed by atoms with Crippen LogP contribution in [0.25, 0.3) is 0 Å². The number of carboxylic acids is 1. The highest BCUT2D eigenvalue weighted by atomic mass is 16.5. The predicted molar refractivity (Wildman–Crippen MR) is 54.3 cm³/mol. The van der Waals surface area contributed by atoms with Gasteiger partial charge in [0.15, 0.2) is 0 Å². The molecule has 0 aromatic rings. The largest absolute Gasteiger partial charge is 0.480 e. The number of amides is 1. The van der Waals surface area contributed by atoms with E-state index in [1.54, 1.807) is 0 Å². The third kappa shape index (κ3) is 5.65. The molecule has 0 fully saturated rings. The first kappa shape index (κ1) is 14.0. The summed E-state index contributed by atoms with van der Waals surface area (Å²) in [5, 5.41) is 10.9. The quantitative estimate of drug-likeness (QED) is 0.489. The molecule has 0 bridgehead atoms. The summed E-state index contributed by atoms with van der Waals surface area (Å²) >= 11 is 0. The molecule has 0 spiro atoms. The molecule has 6 heteroatoms. The van der Waals surface area contributed by atoms with Crippen LogP contribution in [-0.2, 0) is 19.1 Å². The molecule has 0 saturated heterocycles. The Morgan fingerprint density at radius 3 is 2.50 bits per heavy atom. The molecule has 0 saturated carbocycles. The van der Waals surface area contributed by atoms with Gasteiger partial charge in [-0.05, 0) is 19.3 Å². The standard InChI is InChI=1S/C10H13NO5/c1-3-4-8(12)11-7(10(14)15)5-6-9(13)16-2/h7H,5-6H2,1-2H3,(H,11,12)(H,14,15). The number of methoxy groups -OCH3 is 1. The van der Waals surface area contributed by atoms with Crippen LogP contribution in [0.3, 0.4) is 0 Å². The minimum atomic E-state index is -1.21. The Morgan fingerprint density at radius 2 is 2.06 bits per heavy atom. The monoisotopic (exact) mass is 227 g/mol. The molecule has 16 heavy (non-hydrogen) atoms. The Kier molecular flexibility index (Phi) is 6.36. The molecular formula is C10H13NO5. The van der Waals surface area contributed by atoms with Gasteiger partial charge in [0.2, 0.25) is 0 Å². The highest BCUT2D eigenvalue weighted by Gasteiger charge is 2.20. The molecule has 0 aromatic carbocycles. The number of hydrogen-bond acceptors (Lipinski definition) is 4. The Bertz CT molecular complexity index is 339. The maximum atomic E-state index is 11.0. The zero-order chi connectivity index (χ0) is 12.6. The second kappa shape index (κ2) is 7.29. The predicted octanol–water partition coefficient (Wildman–Crippen LogP) is -0.468. The Balaban J connectivity index is 4.27. The molecule has 0 aromatic heterocycles. The van der Waals surface area contributed by atoms with E-state index in [0.717, 1.165) is 0 Å². The van der Waals surface area contributed by atoms with Crippen LogP contribution in [0.15, 0.2) is 0 Å². The third-order valence-corrected chi connectivity index (χ3v) is 1.71. The minimum absolute atomic E-state index is 0.0286. The van der Waals surface area contributed by atoms with Gasteiger partial charge in [0.25, 0.3) is 5.91 Å². The van der Waals surface area contributed by atoms with Crippen molar-refractivity contribution in [1.29, 1.82) is 0 Å². The minimum Gasteiger partial charge on any atom is -0.480 e. The molecule has 6 nitrogen and oxygen atoms in total. The number of carbonyl (C=O) groups excluding carboxylic acids is 2. The molecule has 0 rings (SSSR count). The summed E-state index contributed by atoms with van der Waals surface area (Å²) in [6.45, 7) is 1.46. The highest BCUT2D eigenvalue weighted by molar-refractivity contribution is 5.96. The molecule has 1 atom stereocenters. The van der Waals surface area contributed by atoms with Gasteiger partial charge < -0.3 is 15.2 Å². The van der Waals surface area contributed by atoms with Crippen molar-refractivity contribution in [1.82, 2.24) is 5.32 Å². The summed E-state index contributed by atoms with van der Waals surface area (Å²) in [6, 6.07) is -1.13. The summed E-state index contributed by atoms with van der Waals surface area (Å²) in [4.78, 5) is 32.5. The second-order valence-electron chi connectivity index (χ2n) is 2.85. The Hall–Kier alpha value is -2.03. The van der Waals surface area contributed by atoms with Gasteiger partial charge in [-0.25, -0.2) is 4.79 Å². The topological polar surface area (TPSA) is 92.7 Å². The first-order valence-corrected chi connectivity index (χ1v) is 4.54. The van der Waals surface area contributed by atoms with Gasteiger partial charge in [0.1, 0.15) is 6.04 Å². The smallest absolute Gasteiger partial charge is 0.326 e. The lowest BCUT2D eigenvalue weighted by atomic mass is 10.1. The molecule has 1 amide bonds. The zero-order valence-corrected chi connectivity index (χ0v) is 9.07. The van der Waals surface area contributed by atoms with Crippen LogP contribution in [0, 0.1) is 11.8 Å². The molecule has 0 aliphatic carbocycles. The maximum absolute atomic E-state index is 11.0. The number of rotatable bonds is 5. The Morgan fingerprint density at radius 1 is 1.44 bits per heavy atom. The van der Waals surface area contributed by atoms with Crippen molar-refractivity contribution in [2.24, 2.45) is 0 Å². The van der Waals surface area contributed by atoms with Gasteiger partial charge in [-0.3, -0.25) is 9.59 Å². The average molecular weight is 227 g/mol. The molecule has 1 unspecified atom stereocenters. The molecular weight excluding hydrogens is 214 g/mol. The lowest BCUT2D eigenvalue weighted by Crippen LogP contribution is -2.40. The van der Waals surface area contributed by atoms with Crippen LogP contribution in [0.5, 0.6) is 0 Å².